The fourth-order valence-corrected chi connectivity index (χ4v) is 3.64. The molecule has 2 aromatic rings. The molecule has 7 heteroatoms. The van der Waals surface area contributed by atoms with Crippen LogP contribution in [0.5, 0.6) is 0 Å². The lowest BCUT2D eigenvalue weighted by molar-refractivity contribution is 0.536. The lowest BCUT2D eigenvalue weighted by Crippen LogP contribution is -2.38. The molecule has 0 aromatic heterocycles. The molecule has 0 unspecified atom stereocenters. The van der Waals surface area contributed by atoms with Crippen molar-refractivity contribution in [2.45, 2.75) is 24.8 Å². The number of likely N-dealkylation sites (N-methyl/N-ethyl adjacent to an activating group) is 1. The number of hydrogen-bond acceptors (Lipinski definition) is 3. The number of benzene rings is 2. The summed E-state index contributed by atoms with van der Waals surface area (Å²) in [7, 11) is -3.48. The zero-order valence-electron chi connectivity index (χ0n) is 12.5. The zero-order valence-corrected chi connectivity index (χ0v) is 15.7. The van der Waals surface area contributed by atoms with Crippen LogP contribution < -0.4 is 10.0 Å². The Balaban J connectivity index is 0.00000242. The minimum atomic E-state index is -3.48. The molecule has 0 aliphatic heterocycles. The Labute approximate surface area is 146 Å². The molecule has 0 amide bonds. The molecule has 2 N–H and O–H groups in total. The van der Waals surface area contributed by atoms with E-state index in [-0.39, 0.29) is 18.4 Å². The number of halogens is 2. The summed E-state index contributed by atoms with van der Waals surface area (Å²) in [5, 5.41) is 5.08. The van der Waals surface area contributed by atoms with Crippen molar-refractivity contribution in [3.63, 3.8) is 0 Å². The third-order valence-corrected chi connectivity index (χ3v) is 5.13. The number of sulfonamides is 1. The average molecular weight is 408 g/mol. The van der Waals surface area contributed by atoms with Crippen LogP contribution in [0.15, 0.2) is 45.8 Å². The van der Waals surface area contributed by atoms with Gasteiger partial charge >= 0.3 is 0 Å². The van der Waals surface area contributed by atoms with E-state index >= 15 is 0 Å². The second-order valence-corrected chi connectivity index (χ2v) is 7.65. The summed E-state index contributed by atoms with van der Waals surface area (Å²) in [6, 6.07) is 11.0. The molecular formula is C15H20BrClN2O2S. The number of rotatable bonds is 6. The van der Waals surface area contributed by atoms with Crippen LogP contribution in [0.4, 0.5) is 0 Å². The summed E-state index contributed by atoms with van der Waals surface area (Å²) in [4.78, 5) is 0.293. The monoisotopic (exact) mass is 406 g/mol. The maximum Gasteiger partial charge on any atom is 0.240 e. The SMILES string of the molecule is CCN[C@H](C)CNS(=O)(=O)c1ccc2cc(Br)ccc2c1.Cl. The molecule has 4 nitrogen and oxygen atoms in total. The van der Waals surface area contributed by atoms with Gasteiger partial charge in [0.1, 0.15) is 0 Å². The fourth-order valence-electron chi connectivity index (χ4n) is 2.10. The molecule has 0 spiro atoms. The van der Waals surface area contributed by atoms with Gasteiger partial charge in [-0.1, -0.05) is 35.0 Å². The molecule has 0 fully saturated rings. The Morgan fingerprint density at radius 2 is 1.77 bits per heavy atom. The lowest BCUT2D eigenvalue weighted by Gasteiger charge is -2.14. The minimum Gasteiger partial charge on any atom is -0.313 e. The molecule has 2 aromatic carbocycles. The van der Waals surface area contributed by atoms with Gasteiger partial charge in [-0.15, -0.1) is 12.4 Å². The molecule has 0 aliphatic rings. The van der Waals surface area contributed by atoms with Crippen molar-refractivity contribution in [3.8, 4) is 0 Å². The van der Waals surface area contributed by atoms with Gasteiger partial charge in [0.05, 0.1) is 4.90 Å². The van der Waals surface area contributed by atoms with Crippen molar-refractivity contribution in [2.75, 3.05) is 13.1 Å². The molecular weight excluding hydrogens is 388 g/mol. The van der Waals surface area contributed by atoms with Crippen LogP contribution >= 0.6 is 28.3 Å². The predicted molar refractivity (Wildman–Crippen MR) is 97.2 cm³/mol. The van der Waals surface area contributed by atoms with Crippen LogP contribution in [0.25, 0.3) is 10.8 Å². The summed E-state index contributed by atoms with van der Waals surface area (Å²) in [6.07, 6.45) is 0. The van der Waals surface area contributed by atoms with Crippen LogP contribution in [-0.2, 0) is 10.0 Å². The molecule has 0 saturated heterocycles. The third kappa shape index (κ3) is 4.93. The Morgan fingerprint density at radius 3 is 2.45 bits per heavy atom. The Morgan fingerprint density at radius 1 is 1.14 bits per heavy atom. The standard InChI is InChI=1S/C15H19BrN2O2S.ClH/c1-3-17-11(2)10-18-21(19,20)15-7-5-12-8-14(16)6-4-13(12)9-15;/h4-9,11,17-18H,3,10H2,1-2H3;1H/t11-;/m1./s1. The smallest absolute Gasteiger partial charge is 0.240 e. The maximum absolute atomic E-state index is 12.3. The third-order valence-electron chi connectivity index (χ3n) is 3.22. The molecule has 0 radical (unpaired) electrons. The van der Waals surface area contributed by atoms with Crippen molar-refractivity contribution in [1.82, 2.24) is 10.0 Å². The number of nitrogens with one attached hydrogen (secondary N) is 2. The van der Waals surface area contributed by atoms with Crippen LogP contribution in [-0.4, -0.2) is 27.5 Å². The van der Waals surface area contributed by atoms with E-state index in [1.165, 1.54) is 0 Å². The highest BCUT2D eigenvalue weighted by molar-refractivity contribution is 9.10. The van der Waals surface area contributed by atoms with Crippen LogP contribution in [0.1, 0.15) is 13.8 Å². The average Bonchev–Trinajstić information content (AvgIpc) is 2.45. The first-order chi connectivity index (χ1) is 9.92. The van der Waals surface area contributed by atoms with Crippen molar-refractivity contribution >= 4 is 49.1 Å². The van der Waals surface area contributed by atoms with Gasteiger partial charge in [-0.2, -0.15) is 0 Å². The largest absolute Gasteiger partial charge is 0.313 e. The number of hydrogen-bond donors (Lipinski definition) is 2. The quantitative estimate of drug-likeness (QED) is 0.772. The first-order valence-electron chi connectivity index (χ1n) is 6.85. The topological polar surface area (TPSA) is 58.2 Å². The van der Waals surface area contributed by atoms with Gasteiger partial charge in [0, 0.05) is 17.1 Å². The molecule has 0 bridgehead atoms. The molecule has 0 aliphatic carbocycles. The Kier molecular flexibility index (Phi) is 7.28. The molecule has 0 saturated carbocycles. The van der Waals surface area contributed by atoms with Gasteiger partial charge in [0.2, 0.25) is 10.0 Å². The predicted octanol–water partition coefficient (Wildman–Crippen LogP) is 3.30. The first-order valence-corrected chi connectivity index (χ1v) is 9.12. The van der Waals surface area contributed by atoms with E-state index in [9.17, 15) is 8.42 Å². The lowest BCUT2D eigenvalue weighted by atomic mass is 10.1. The molecule has 2 rings (SSSR count). The highest BCUT2D eigenvalue weighted by Gasteiger charge is 2.15. The van der Waals surface area contributed by atoms with Crippen molar-refractivity contribution in [1.29, 1.82) is 0 Å². The summed E-state index contributed by atoms with van der Waals surface area (Å²) in [5.74, 6) is 0. The highest BCUT2D eigenvalue weighted by atomic mass is 79.9. The van der Waals surface area contributed by atoms with Crippen LogP contribution in [0, 0.1) is 0 Å². The van der Waals surface area contributed by atoms with Gasteiger partial charge in [0.25, 0.3) is 0 Å². The minimum absolute atomic E-state index is 0. The zero-order chi connectivity index (χ0) is 15.5. The van der Waals surface area contributed by atoms with E-state index in [1.54, 1.807) is 12.1 Å². The first kappa shape index (κ1) is 19.4. The van der Waals surface area contributed by atoms with E-state index in [2.05, 4.69) is 26.0 Å². The van der Waals surface area contributed by atoms with E-state index in [0.29, 0.717) is 11.4 Å². The van der Waals surface area contributed by atoms with Crippen LogP contribution in [0.2, 0.25) is 0 Å². The fraction of sp³-hybridized carbons (Fsp3) is 0.333. The van der Waals surface area contributed by atoms with Crippen molar-refractivity contribution in [2.24, 2.45) is 0 Å². The van der Waals surface area contributed by atoms with Gasteiger partial charge in [-0.25, -0.2) is 13.1 Å². The second kappa shape index (κ2) is 8.26. The number of fused-ring (bicyclic) bond motifs is 1. The summed E-state index contributed by atoms with van der Waals surface area (Å²) in [6.45, 7) is 5.12. The molecule has 0 heterocycles. The second-order valence-electron chi connectivity index (χ2n) is 4.96. The van der Waals surface area contributed by atoms with E-state index < -0.39 is 10.0 Å². The summed E-state index contributed by atoms with van der Waals surface area (Å²) < 4.78 is 28.2. The Hall–Kier alpha value is -0.660. The van der Waals surface area contributed by atoms with Gasteiger partial charge in [-0.3, -0.25) is 0 Å². The van der Waals surface area contributed by atoms with Crippen LogP contribution in [0.3, 0.4) is 0 Å². The Bertz CT molecular complexity index is 737. The summed E-state index contributed by atoms with van der Waals surface area (Å²) in [5.41, 5.74) is 0. The van der Waals surface area contributed by atoms with Gasteiger partial charge < -0.3 is 5.32 Å². The van der Waals surface area contributed by atoms with Gasteiger partial charge in [-0.05, 0) is 48.5 Å². The van der Waals surface area contributed by atoms with Crippen molar-refractivity contribution < 1.29 is 8.42 Å². The maximum atomic E-state index is 12.3. The normalized spacial score (nSPS) is 12.9. The molecule has 122 valence electrons. The van der Waals surface area contributed by atoms with E-state index in [1.807, 2.05) is 38.1 Å². The van der Waals surface area contributed by atoms with E-state index in [4.69, 9.17) is 0 Å². The molecule has 1 atom stereocenters. The highest BCUT2D eigenvalue weighted by Crippen LogP contribution is 2.22. The summed E-state index contributed by atoms with van der Waals surface area (Å²) >= 11 is 3.41. The van der Waals surface area contributed by atoms with E-state index in [0.717, 1.165) is 21.8 Å². The van der Waals surface area contributed by atoms with Gasteiger partial charge in [0.15, 0.2) is 0 Å². The van der Waals surface area contributed by atoms with Crippen molar-refractivity contribution in [3.05, 3.63) is 40.9 Å². The molecule has 22 heavy (non-hydrogen) atoms.